The normalized spacial score (nSPS) is 14.0. The van der Waals surface area contributed by atoms with Gasteiger partial charge in [0.15, 0.2) is 0 Å². The predicted octanol–water partition coefficient (Wildman–Crippen LogP) is 19.9. The molecule has 0 rings (SSSR count). The summed E-state index contributed by atoms with van der Waals surface area (Å²) >= 11 is 0. The van der Waals surface area contributed by atoms with Gasteiger partial charge in [0.2, 0.25) is 5.91 Å². The summed E-state index contributed by atoms with van der Waals surface area (Å²) in [6.45, 7) is 4.66. The molecular formula is C66H129N2O6P. The monoisotopic (exact) mass is 1080 g/mol. The van der Waals surface area contributed by atoms with Crippen LogP contribution in [-0.2, 0) is 18.4 Å². The van der Waals surface area contributed by atoms with Gasteiger partial charge in [-0.05, 0) is 44.9 Å². The van der Waals surface area contributed by atoms with Gasteiger partial charge in [0.05, 0.1) is 39.9 Å². The van der Waals surface area contributed by atoms with Crippen LogP contribution in [0.15, 0.2) is 36.5 Å². The maximum absolute atomic E-state index is 13.0. The molecule has 8 nitrogen and oxygen atoms in total. The number of phosphoric acid groups is 1. The molecule has 75 heavy (non-hydrogen) atoms. The lowest BCUT2D eigenvalue weighted by atomic mass is 10.0. The Hall–Kier alpha value is -1.28. The minimum atomic E-state index is -4.61. The molecule has 0 aliphatic carbocycles. The number of carbonyl (C=O) groups excluding carboxylic acids is 1. The van der Waals surface area contributed by atoms with E-state index in [2.05, 4.69) is 43.5 Å². The number of likely N-dealkylation sites (N-methyl/N-ethyl adjacent to an activating group) is 1. The quantitative estimate of drug-likeness (QED) is 0.0272. The summed E-state index contributed by atoms with van der Waals surface area (Å²) < 4.78 is 23.4. The van der Waals surface area contributed by atoms with Gasteiger partial charge in [0, 0.05) is 6.42 Å². The van der Waals surface area contributed by atoms with Gasteiger partial charge in [-0.3, -0.25) is 9.36 Å². The fourth-order valence-corrected chi connectivity index (χ4v) is 10.7. The van der Waals surface area contributed by atoms with Crippen LogP contribution in [0.3, 0.4) is 0 Å². The number of allylic oxidation sites excluding steroid dienone is 5. The minimum absolute atomic E-state index is 0.00728. The zero-order chi connectivity index (χ0) is 54.9. The molecule has 0 radical (unpaired) electrons. The van der Waals surface area contributed by atoms with Crippen molar-refractivity contribution in [2.24, 2.45) is 0 Å². The van der Waals surface area contributed by atoms with Gasteiger partial charge in [-0.2, -0.15) is 0 Å². The van der Waals surface area contributed by atoms with E-state index in [9.17, 15) is 19.4 Å². The SMILES string of the molecule is CCCCCCCCCCC/C=C/CC/C=C/CC/C=C/C(O)C(COP(=O)([O-])OCC[N+](C)(C)C)NC(=O)CCCCCCCCCCCCCCCCCCCCCCCCCCCCCCCCCCCC. The lowest BCUT2D eigenvalue weighted by Gasteiger charge is -2.29. The number of carbonyl (C=O) groups is 1. The third-order valence-corrected chi connectivity index (χ3v) is 16.0. The molecule has 2 N–H and O–H groups in total. The zero-order valence-electron chi connectivity index (χ0n) is 50.8. The van der Waals surface area contributed by atoms with Crippen LogP contribution in [0.4, 0.5) is 0 Å². The molecule has 0 aromatic carbocycles. The number of unbranched alkanes of at least 4 members (excludes halogenated alkanes) is 44. The van der Waals surface area contributed by atoms with Crippen molar-refractivity contribution in [3.63, 3.8) is 0 Å². The highest BCUT2D eigenvalue weighted by Crippen LogP contribution is 2.38. The summed E-state index contributed by atoms with van der Waals surface area (Å²) in [5.74, 6) is -0.205. The number of quaternary nitrogens is 1. The molecule has 3 atom stereocenters. The van der Waals surface area contributed by atoms with Crippen LogP contribution in [-0.4, -0.2) is 68.5 Å². The zero-order valence-corrected chi connectivity index (χ0v) is 51.7. The standard InChI is InChI=1S/C66H129N2O6P/c1-6-8-10-12-14-16-18-20-22-24-26-27-28-29-30-31-32-33-34-35-36-37-38-39-40-42-44-46-48-50-52-54-56-58-60-66(70)67-64(63-74-75(71,72)73-62-61-68(3,4)5)65(69)59-57-55-53-51-49-47-45-43-41-25-23-21-19-17-15-13-11-9-7-2/h41,43,49,51,57,59,64-65,69H,6-40,42,44-48,50,52-56,58,60-63H2,1-5H3,(H-,67,70,71,72)/b43-41+,51-49+,59-57+. The maximum Gasteiger partial charge on any atom is 0.268 e. The fourth-order valence-electron chi connectivity index (χ4n) is 9.95. The van der Waals surface area contributed by atoms with E-state index in [4.69, 9.17) is 9.05 Å². The number of nitrogens with zero attached hydrogens (tertiary/aromatic N) is 1. The summed E-state index contributed by atoms with van der Waals surface area (Å²) in [5.41, 5.74) is 0. The molecule has 1 amide bonds. The Bertz CT molecular complexity index is 1320. The molecule has 0 saturated heterocycles. The summed E-state index contributed by atoms with van der Waals surface area (Å²) in [6.07, 6.45) is 75.5. The van der Waals surface area contributed by atoms with E-state index in [1.54, 1.807) is 6.08 Å². The molecule has 0 aromatic rings. The topological polar surface area (TPSA) is 108 Å². The molecular weight excluding hydrogens is 948 g/mol. The first kappa shape index (κ1) is 73.7. The summed E-state index contributed by atoms with van der Waals surface area (Å²) in [4.78, 5) is 25.5. The highest BCUT2D eigenvalue weighted by atomic mass is 31.2. The van der Waals surface area contributed by atoms with Crippen molar-refractivity contribution in [2.75, 3.05) is 40.9 Å². The average molecular weight is 1080 g/mol. The van der Waals surface area contributed by atoms with Crippen LogP contribution in [0, 0.1) is 0 Å². The van der Waals surface area contributed by atoms with Crippen molar-refractivity contribution in [3.8, 4) is 0 Å². The number of phosphoric ester groups is 1. The number of amides is 1. The number of rotatable bonds is 61. The van der Waals surface area contributed by atoms with E-state index in [-0.39, 0.29) is 12.5 Å². The Morgan fingerprint density at radius 3 is 1.08 bits per heavy atom. The van der Waals surface area contributed by atoms with Gasteiger partial charge in [0.25, 0.3) is 7.82 Å². The molecule has 0 heterocycles. The van der Waals surface area contributed by atoms with E-state index >= 15 is 0 Å². The molecule has 0 aliphatic rings. The van der Waals surface area contributed by atoms with E-state index in [0.29, 0.717) is 17.4 Å². The second-order valence-electron chi connectivity index (χ2n) is 23.8. The lowest BCUT2D eigenvalue weighted by molar-refractivity contribution is -0.870. The minimum Gasteiger partial charge on any atom is -0.756 e. The number of aliphatic hydroxyl groups is 1. The van der Waals surface area contributed by atoms with Crippen LogP contribution in [0.5, 0.6) is 0 Å². The largest absolute Gasteiger partial charge is 0.756 e. The number of nitrogens with one attached hydrogen (secondary N) is 1. The number of hydrogen-bond donors (Lipinski definition) is 2. The molecule has 0 saturated carbocycles. The Morgan fingerprint density at radius 1 is 0.453 bits per heavy atom. The first-order chi connectivity index (χ1) is 36.5. The van der Waals surface area contributed by atoms with Crippen molar-refractivity contribution in [2.45, 2.75) is 341 Å². The lowest BCUT2D eigenvalue weighted by Crippen LogP contribution is -2.45. The van der Waals surface area contributed by atoms with Crippen LogP contribution in [0.2, 0.25) is 0 Å². The highest BCUT2D eigenvalue weighted by molar-refractivity contribution is 7.45. The van der Waals surface area contributed by atoms with Crippen molar-refractivity contribution in [1.29, 1.82) is 0 Å². The smallest absolute Gasteiger partial charge is 0.268 e. The number of aliphatic hydroxyl groups excluding tert-OH is 1. The van der Waals surface area contributed by atoms with Crippen LogP contribution < -0.4 is 10.2 Å². The molecule has 9 heteroatoms. The number of hydrogen-bond acceptors (Lipinski definition) is 6. The second-order valence-corrected chi connectivity index (χ2v) is 25.2. The third-order valence-electron chi connectivity index (χ3n) is 15.1. The van der Waals surface area contributed by atoms with E-state index in [1.807, 2.05) is 27.2 Å². The third kappa shape index (κ3) is 60.2. The second kappa shape index (κ2) is 57.4. The predicted molar refractivity (Wildman–Crippen MR) is 325 cm³/mol. The fraction of sp³-hybridized carbons (Fsp3) is 0.894. The van der Waals surface area contributed by atoms with Gasteiger partial charge in [-0.1, -0.05) is 314 Å². The van der Waals surface area contributed by atoms with E-state index in [1.165, 1.54) is 263 Å². The molecule has 0 bridgehead atoms. The van der Waals surface area contributed by atoms with Gasteiger partial charge in [-0.15, -0.1) is 0 Å². The average Bonchev–Trinajstić information content (AvgIpc) is 3.37. The van der Waals surface area contributed by atoms with Gasteiger partial charge >= 0.3 is 0 Å². The first-order valence-electron chi connectivity index (χ1n) is 32.9. The Labute approximate surface area is 467 Å². The maximum atomic E-state index is 13.0. The van der Waals surface area contributed by atoms with Crippen LogP contribution in [0.25, 0.3) is 0 Å². The summed E-state index contributed by atoms with van der Waals surface area (Å²) in [6, 6.07) is -0.908. The van der Waals surface area contributed by atoms with Gasteiger partial charge in [-0.25, -0.2) is 0 Å². The highest BCUT2D eigenvalue weighted by Gasteiger charge is 2.23. The Balaban J connectivity index is 4.03. The molecule has 0 aromatic heterocycles. The van der Waals surface area contributed by atoms with Crippen molar-refractivity contribution < 1.29 is 32.9 Å². The Morgan fingerprint density at radius 2 is 0.747 bits per heavy atom. The summed E-state index contributed by atoms with van der Waals surface area (Å²) in [7, 11) is 1.25. The van der Waals surface area contributed by atoms with Crippen LogP contribution >= 0.6 is 7.82 Å². The van der Waals surface area contributed by atoms with Gasteiger partial charge < -0.3 is 28.8 Å². The first-order valence-corrected chi connectivity index (χ1v) is 34.3. The van der Waals surface area contributed by atoms with Crippen molar-refractivity contribution in [3.05, 3.63) is 36.5 Å². The van der Waals surface area contributed by atoms with Crippen molar-refractivity contribution >= 4 is 13.7 Å². The van der Waals surface area contributed by atoms with Crippen LogP contribution in [0.1, 0.15) is 328 Å². The molecule has 3 unspecified atom stereocenters. The van der Waals surface area contributed by atoms with Crippen molar-refractivity contribution in [1.82, 2.24) is 5.32 Å². The molecule has 0 spiro atoms. The van der Waals surface area contributed by atoms with E-state index < -0.39 is 26.6 Å². The Kier molecular flexibility index (Phi) is 56.4. The molecule has 444 valence electrons. The molecule has 0 fully saturated rings. The van der Waals surface area contributed by atoms with E-state index in [0.717, 1.165) is 44.9 Å². The molecule has 0 aliphatic heterocycles. The summed E-state index contributed by atoms with van der Waals surface area (Å²) in [5, 5.41) is 13.9. The van der Waals surface area contributed by atoms with Gasteiger partial charge in [0.1, 0.15) is 13.2 Å².